The van der Waals surface area contributed by atoms with Gasteiger partial charge in [0.2, 0.25) is 0 Å². The molecule has 1 spiro atoms. The van der Waals surface area contributed by atoms with Crippen molar-refractivity contribution in [2.45, 2.75) is 105 Å². The highest BCUT2D eigenvalue weighted by Crippen LogP contribution is 2.65. The summed E-state index contributed by atoms with van der Waals surface area (Å²) in [5, 5.41) is 1.12. The first-order valence-corrected chi connectivity index (χ1v) is 31.8. The zero-order chi connectivity index (χ0) is 61.2. The molecule has 4 aliphatic rings. The SMILES string of the molecule is Cc1ccc(N2c3cc4c(cc3B3c5oc6ccc(C)cc6c5N(c5ccc(C(C)(C)C)cc5)c5cc(C)cc2c53)-c2ccccc2C42c3ccccc3-c3ccc(N(c4ccc(C(C)(C)C)cc4)c4ccc(C(C)(C)C)cc4)cc32)c(-c2ccccc2)c1. The van der Waals surface area contributed by atoms with Crippen molar-refractivity contribution in [1.29, 1.82) is 0 Å². The van der Waals surface area contributed by atoms with Crippen LogP contribution in [-0.4, -0.2) is 6.71 Å². The first kappa shape index (κ1) is 54.8. The van der Waals surface area contributed by atoms with Crippen LogP contribution in [0.1, 0.15) is 118 Å². The van der Waals surface area contributed by atoms with Gasteiger partial charge in [0, 0.05) is 50.8 Å². The van der Waals surface area contributed by atoms with Crippen molar-refractivity contribution in [2.24, 2.45) is 0 Å². The van der Waals surface area contributed by atoms with Crippen LogP contribution in [0, 0.1) is 20.8 Å². The molecule has 3 heterocycles. The predicted molar refractivity (Wildman–Crippen MR) is 377 cm³/mol. The number of benzene rings is 11. The van der Waals surface area contributed by atoms with E-state index in [0.29, 0.717) is 0 Å². The Morgan fingerprint density at radius 3 is 1.52 bits per heavy atom. The normalized spacial score (nSPS) is 15.2. The summed E-state index contributed by atoms with van der Waals surface area (Å²) in [6, 6.07) is 88.6. The third kappa shape index (κ3) is 8.26. The molecule has 11 aromatic carbocycles. The van der Waals surface area contributed by atoms with Crippen LogP contribution in [0.15, 0.2) is 235 Å². The van der Waals surface area contributed by atoms with E-state index in [1.54, 1.807) is 0 Å². The first-order chi connectivity index (χ1) is 42.7. The lowest BCUT2D eigenvalue weighted by Crippen LogP contribution is -2.61. The summed E-state index contributed by atoms with van der Waals surface area (Å²) in [5.41, 5.74) is 33.9. The molecule has 0 amide bonds. The van der Waals surface area contributed by atoms with Crippen molar-refractivity contribution in [3.8, 4) is 33.4 Å². The Balaban J connectivity index is 0.997. The molecule has 1 atom stereocenters. The Morgan fingerprint density at radius 1 is 0.382 bits per heavy atom. The zero-order valence-corrected chi connectivity index (χ0v) is 53.3. The maximum atomic E-state index is 7.53. The third-order valence-electron chi connectivity index (χ3n) is 19.9. The summed E-state index contributed by atoms with van der Waals surface area (Å²) in [6.07, 6.45) is 0. The van der Waals surface area contributed by atoms with E-state index in [1.807, 2.05) is 0 Å². The number of aryl methyl sites for hydroxylation is 3. The average Bonchev–Trinajstić information content (AvgIpc) is 1.31. The van der Waals surface area contributed by atoms with Gasteiger partial charge in [0.1, 0.15) is 5.58 Å². The molecule has 0 saturated heterocycles. The summed E-state index contributed by atoms with van der Waals surface area (Å²) < 4.78 is 7.53. The van der Waals surface area contributed by atoms with Crippen LogP contribution < -0.4 is 31.3 Å². The maximum Gasteiger partial charge on any atom is 0.297 e. The standard InChI is InChI=1S/C84H74BN3O/c1-51-26-42-73(65(44-51)54-20-14-13-15-21-54)88-74-50-71-66(49-72(74)85-78-75(46-53(3)47-76(78)88)87(60-38-32-57(33-39-60)83(10,11)12)79-67-45-52(2)27-43-77(67)89-80(79)85)63-23-17-19-25-69(63)84(71)68-24-18-16-22-62(68)64-41-40-61(48-70(64)84)86(58-34-28-55(29-35-58)81(4,5)6)59-36-30-56(31-37-59)82(7,8)9/h13-50H,1-12H3. The lowest BCUT2D eigenvalue weighted by molar-refractivity contribution is 0.590. The summed E-state index contributed by atoms with van der Waals surface area (Å²) in [5.74, 6) is 0. The van der Waals surface area contributed by atoms with Crippen LogP contribution in [0.25, 0.3) is 44.3 Å². The largest absolute Gasteiger partial charge is 0.468 e. The fourth-order valence-corrected chi connectivity index (χ4v) is 15.5. The Bertz CT molecular complexity index is 4820. The highest BCUT2D eigenvalue weighted by molar-refractivity contribution is 7.00. The van der Waals surface area contributed by atoms with E-state index in [9.17, 15) is 0 Å². The van der Waals surface area contributed by atoms with Crippen molar-refractivity contribution in [2.75, 3.05) is 14.7 Å². The van der Waals surface area contributed by atoms with Crippen LogP contribution in [0.5, 0.6) is 0 Å². The monoisotopic (exact) mass is 1150 g/mol. The molecular weight excluding hydrogens is 1080 g/mol. The molecular formula is C84H74BN3O. The second-order valence-electron chi connectivity index (χ2n) is 28.8. The topological polar surface area (TPSA) is 22.9 Å². The van der Waals surface area contributed by atoms with E-state index in [4.69, 9.17) is 4.42 Å². The van der Waals surface area contributed by atoms with Crippen LogP contribution in [0.2, 0.25) is 0 Å². The highest BCUT2D eigenvalue weighted by Gasteiger charge is 2.55. The number of hydrogen-bond acceptors (Lipinski definition) is 4. The Morgan fingerprint density at radius 2 is 0.899 bits per heavy atom. The zero-order valence-electron chi connectivity index (χ0n) is 53.3. The minimum absolute atomic E-state index is 0.00602. The van der Waals surface area contributed by atoms with E-state index < -0.39 is 5.41 Å². The van der Waals surface area contributed by atoms with Gasteiger partial charge in [-0.15, -0.1) is 0 Å². The molecule has 0 radical (unpaired) electrons. The molecule has 2 aliphatic heterocycles. The van der Waals surface area contributed by atoms with Gasteiger partial charge in [-0.3, -0.25) is 0 Å². The molecule has 16 rings (SSSR count). The van der Waals surface area contributed by atoms with Crippen LogP contribution in [-0.2, 0) is 21.7 Å². The first-order valence-electron chi connectivity index (χ1n) is 31.8. The van der Waals surface area contributed by atoms with Gasteiger partial charge in [-0.25, -0.2) is 0 Å². The molecule has 89 heavy (non-hydrogen) atoms. The molecule has 5 heteroatoms. The van der Waals surface area contributed by atoms with Gasteiger partial charge in [-0.2, -0.15) is 0 Å². The molecule has 434 valence electrons. The number of hydrogen-bond donors (Lipinski definition) is 0. The number of furan rings is 1. The summed E-state index contributed by atoms with van der Waals surface area (Å²) in [7, 11) is 0. The van der Waals surface area contributed by atoms with Crippen molar-refractivity contribution in [3.63, 3.8) is 0 Å². The molecule has 0 saturated carbocycles. The van der Waals surface area contributed by atoms with Crippen LogP contribution >= 0.6 is 0 Å². The molecule has 1 aromatic heterocycles. The maximum absolute atomic E-state index is 7.53. The molecule has 2 aliphatic carbocycles. The van der Waals surface area contributed by atoms with Crippen molar-refractivity contribution >= 4 is 85.5 Å². The minimum Gasteiger partial charge on any atom is -0.468 e. The number of rotatable bonds is 6. The summed E-state index contributed by atoms with van der Waals surface area (Å²) in [6.45, 7) is 27.1. The lowest BCUT2D eigenvalue weighted by Gasteiger charge is -2.44. The van der Waals surface area contributed by atoms with E-state index in [1.165, 1.54) is 106 Å². The van der Waals surface area contributed by atoms with Gasteiger partial charge in [0.15, 0.2) is 0 Å². The van der Waals surface area contributed by atoms with Gasteiger partial charge in [0.05, 0.1) is 22.4 Å². The molecule has 12 aromatic rings. The second kappa shape index (κ2) is 19.5. The van der Waals surface area contributed by atoms with Crippen molar-refractivity contribution in [3.05, 3.63) is 286 Å². The van der Waals surface area contributed by atoms with Gasteiger partial charge < -0.3 is 19.1 Å². The van der Waals surface area contributed by atoms with Crippen LogP contribution in [0.4, 0.5) is 51.2 Å². The predicted octanol–water partition coefficient (Wildman–Crippen LogP) is 20.8. The molecule has 0 bridgehead atoms. The van der Waals surface area contributed by atoms with Crippen LogP contribution in [0.3, 0.4) is 0 Å². The van der Waals surface area contributed by atoms with Gasteiger partial charge in [0.25, 0.3) is 6.71 Å². The molecule has 0 N–H and O–H groups in total. The summed E-state index contributed by atoms with van der Waals surface area (Å²) in [4.78, 5) is 7.63. The van der Waals surface area contributed by atoms with E-state index in [-0.39, 0.29) is 23.0 Å². The smallest absolute Gasteiger partial charge is 0.297 e. The number of nitrogens with zero attached hydrogens (tertiary/aromatic N) is 3. The number of anilines is 9. The van der Waals surface area contributed by atoms with Crippen molar-refractivity contribution in [1.82, 2.24) is 0 Å². The van der Waals surface area contributed by atoms with E-state index in [0.717, 1.165) is 62.1 Å². The fourth-order valence-electron chi connectivity index (χ4n) is 15.5. The van der Waals surface area contributed by atoms with Gasteiger partial charge in [-0.1, -0.05) is 213 Å². The quantitative estimate of drug-likeness (QED) is 0.155. The van der Waals surface area contributed by atoms with Crippen molar-refractivity contribution < 1.29 is 4.42 Å². The Hall–Kier alpha value is -9.58. The molecule has 4 nitrogen and oxygen atoms in total. The fraction of sp³-hybridized carbons (Fsp3) is 0.190. The minimum atomic E-state index is -0.690. The summed E-state index contributed by atoms with van der Waals surface area (Å²) >= 11 is 0. The lowest BCUT2D eigenvalue weighted by atomic mass is 9.35. The Labute approximate surface area is 525 Å². The van der Waals surface area contributed by atoms with Gasteiger partial charge in [-0.05, 0) is 211 Å². The van der Waals surface area contributed by atoms with Gasteiger partial charge >= 0.3 is 0 Å². The Kier molecular flexibility index (Phi) is 12.0. The molecule has 0 fully saturated rings. The highest BCUT2D eigenvalue weighted by atomic mass is 16.3. The second-order valence-corrected chi connectivity index (χ2v) is 28.8. The molecule has 1 unspecified atom stereocenters. The average molecular weight is 1150 g/mol. The van der Waals surface area contributed by atoms with E-state index in [2.05, 4.69) is 328 Å². The number of fused-ring (bicyclic) bond motifs is 16. The third-order valence-corrected chi connectivity index (χ3v) is 19.9. The van der Waals surface area contributed by atoms with E-state index >= 15 is 0 Å².